The van der Waals surface area contributed by atoms with E-state index in [0.29, 0.717) is 42.5 Å². The van der Waals surface area contributed by atoms with Gasteiger partial charge in [0.15, 0.2) is 18.1 Å². The number of carbonyl (C=O) groups is 3. The number of likely N-dealkylation sites (tertiary alicyclic amines) is 1. The van der Waals surface area contributed by atoms with Crippen molar-refractivity contribution < 1.29 is 28.6 Å². The second-order valence-corrected chi connectivity index (χ2v) is 8.42. The van der Waals surface area contributed by atoms with Crippen LogP contribution < -0.4 is 14.8 Å². The Morgan fingerprint density at radius 2 is 2.00 bits per heavy atom. The quantitative estimate of drug-likeness (QED) is 0.686. The minimum Gasteiger partial charge on any atom is -0.486 e. The molecule has 0 saturated carbocycles. The third-order valence-electron chi connectivity index (χ3n) is 5.21. The fourth-order valence-corrected chi connectivity index (χ4v) is 4.30. The monoisotopic (exact) mass is 444 g/mol. The van der Waals surface area contributed by atoms with E-state index in [-0.39, 0.29) is 25.2 Å². The van der Waals surface area contributed by atoms with Crippen LogP contribution in [0.4, 0.5) is 0 Å². The first kappa shape index (κ1) is 21.2. The number of fused-ring (bicyclic) bond motifs is 1. The molecule has 0 spiro atoms. The second kappa shape index (κ2) is 9.82. The zero-order chi connectivity index (χ0) is 21.6. The van der Waals surface area contributed by atoms with Gasteiger partial charge in [0.25, 0.3) is 11.8 Å². The molecule has 164 valence electrons. The molecule has 3 heterocycles. The molecule has 2 atom stereocenters. The number of amides is 2. The molecule has 0 aliphatic carbocycles. The summed E-state index contributed by atoms with van der Waals surface area (Å²) in [6.07, 6.45) is 1.05. The van der Waals surface area contributed by atoms with Gasteiger partial charge in [-0.3, -0.25) is 14.4 Å². The number of carbonyl (C=O) groups excluding carboxylic acids is 3. The normalized spacial score (nSPS) is 20.1. The summed E-state index contributed by atoms with van der Waals surface area (Å²) in [4.78, 5) is 39.4. The third kappa shape index (κ3) is 5.35. The number of nitrogens with zero attached hydrogens (tertiary/aromatic N) is 1. The highest BCUT2D eigenvalue weighted by molar-refractivity contribution is 7.12. The zero-order valence-electron chi connectivity index (χ0n) is 17.0. The van der Waals surface area contributed by atoms with E-state index in [1.54, 1.807) is 11.0 Å². The first-order chi connectivity index (χ1) is 15.1. The highest BCUT2D eigenvalue weighted by atomic mass is 32.1. The highest BCUT2D eigenvalue weighted by Gasteiger charge is 2.30. The highest BCUT2D eigenvalue weighted by Crippen LogP contribution is 2.30. The molecule has 1 fully saturated rings. The fraction of sp³-hybridized carbons (Fsp3) is 0.409. The SMILES string of the molecule is O=C(COC(=O)C1CCCN(C(=O)c2cccs2)C1)NCC1COc2ccccc2O1. The van der Waals surface area contributed by atoms with E-state index in [1.807, 2.05) is 35.7 Å². The van der Waals surface area contributed by atoms with Crippen LogP contribution in [0.5, 0.6) is 11.5 Å². The van der Waals surface area contributed by atoms with Crippen LogP contribution in [0.2, 0.25) is 0 Å². The van der Waals surface area contributed by atoms with Crippen molar-refractivity contribution >= 4 is 29.1 Å². The topological polar surface area (TPSA) is 94.2 Å². The maximum absolute atomic E-state index is 12.5. The molecule has 8 nitrogen and oxygen atoms in total. The van der Waals surface area contributed by atoms with Gasteiger partial charge in [0, 0.05) is 13.1 Å². The molecule has 2 aliphatic heterocycles. The van der Waals surface area contributed by atoms with E-state index in [4.69, 9.17) is 14.2 Å². The Balaban J connectivity index is 1.19. The van der Waals surface area contributed by atoms with Crippen LogP contribution in [0.25, 0.3) is 0 Å². The lowest BCUT2D eigenvalue weighted by Gasteiger charge is -2.31. The van der Waals surface area contributed by atoms with Gasteiger partial charge in [-0.05, 0) is 36.4 Å². The average Bonchev–Trinajstić information content (AvgIpc) is 3.35. The fourth-order valence-electron chi connectivity index (χ4n) is 3.61. The van der Waals surface area contributed by atoms with Gasteiger partial charge in [-0.25, -0.2) is 0 Å². The summed E-state index contributed by atoms with van der Waals surface area (Å²) in [6.45, 7) is 1.14. The summed E-state index contributed by atoms with van der Waals surface area (Å²) >= 11 is 1.38. The molecule has 9 heteroatoms. The van der Waals surface area contributed by atoms with E-state index < -0.39 is 17.8 Å². The molecule has 2 aliphatic rings. The van der Waals surface area contributed by atoms with E-state index in [1.165, 1.54) is 11.3 Å². The van der Waals surface area contributed by atoms with Gasteiger partial charge in [-0.15, -0.1) is 11.3 Å². The number of benzene rings is 1. The van der Waals surface area contributed by atoms with Crippen LogP contribution in [-0.2, 0) is 14.3 Å². The average molecular weight is 445 g/mol. The second-order valence-electron chi connectivity index (χ2n) is 7.48. The Bertz CT molecular complexity index is 932. The number of para-hydroxylation sites is 2. The van der Waals surface area contributed by atoms with Gasteiger partial charge in [0.2, 0.25) is 0 Å². The molecule has 0 bridgehead atoms. The molecule has 1 aromatic carbocycles. The molecule has 4 rings (SSSR count). The number of piperidine rings is 1. The standard InChI is InChI=1S/C22H24N2O6S/c25-20(23-11-16-13-28-17-6-1-2-7-18(17)30-16)14-29-22(27)15-5-3-9-24(12-15)21(26)19-8-4-10-31-19/h1-2,4,6-8,10,15-16H,3,5,9,11-14H2,(H,23,25). The number of hydrogen-bond donors (Lipinski definition) is 1. The first-order valence-electron chi connectivity index (χ1n) is 10.2. The Morgan fingerprint density at radius 1 is 1.16 bits per heavy atom. The predicted octanol–water partition coefficient (Wildman–Crippen LogP) is 2.10. The predicted molar refractivity (Wildman–Crippen MR) is 113 cm³/mol. The Morgan fingerprint density at radius 3 is 2.81 bits per heavy atom. The minimum atomic E-state index is -0.454. The molecule has 0 radical (unpaired) electrons. The number of rotatable bonds is 6. The smallest absolute Gasteiger partial charge is 0.311 e. The molecule has 1 saturated heterocycles. The summed E-state index contributed by atoms with van der Waals surface area (Å²) in [5.41, 5.74) is 0. The summed E-state index contributed by atoms with van der Waals surface area (Å²) in [6, 6.07) is 10.9. The van der Waals surface area contributed by atoms with Crippen LogP contribution in [0.3, 0.4) is 0 Å². The van der Waals surface area contributed by atoms with Crippen LogP contribution in [0, 0.1) is 5.92 Å². The number of nitrogens with one attached hydrogen (secondary N) is 1. The van der Waals surface area contributed by atoms with Crippen LogP contribution in [0.15, 0.2) is 41.8 Å². The lowest BCUT2D eigenvalue weighted by Crippen LogP contribution is -2.44. The van der Waals surface area contributed by atoms with Crippen molar-refractivity contribution in [2.75, 3.05) is 32.8 Å². The molecular weight excluding hydrogens is 420 g/mol. The van der Waals surface area contributed by atoms with E-state index in [2.05, 4.69) is 5.32 Å². The van der Waals surface area contributed by atoms with Gasteiger partial charge in [0.1, 0.15) is 12.7 Å². The van der Waals surface area contributed by atoms with E-state index in [0.717, 1.165) is 6.42 Å². The van der Waals surface area contributed by atoms with Crippen molar-refractivity contribution in [2.24, 2.45) is 5.92 Å². The van der Waals surface area contributed by atoms with Crippen molar-refractivity contribution in [2.45, 2.75) is 18.9 Å². The molecule has 2 aromatic rings. The van der Waals surface area contributed by atoms with Crippen molar-refractivity contribution in [3.8, 4) is 11.5 Å². The summed E-state index contributed by atoms with van der Waals surface area (Å²) in [7, 11) is 0. The molecule has 31 heavy (non-hydrogen) atoms. The molecule has 1 aromatic heterocycles. The largest absolute Gasteiger partial charge is 0.486 e. The number of thiophene rings is 1. The lowest BCUT2D eigenvalue weighted by atomic mass is 9.98. The third-order valence-corrected chi connectivity index (χ3v) is 6.07. The van der Waals surface area contributed by atoms with E-state index in [9.17, 15) is 14.4 Å². The maximum atomic E-state index is 12.5. The molecule has 1 N–H and O–H groups in total. The van der Waals surface area contributed by atoms with Gasteiger partial charge < -0.3 is 24.4 Å². The van der Waals surface area contributed by atoms with E-state index >= 15 is 0 Å². The lowest BCUT2D eigenvalue weighted by molar-refractivity contribution is -0.154. The first-order valence-corrected chi connectivity index (χ1v) is 11.1. The van der Waals surface area contributed by atoms with Crippen LogP contribution >= 0.6 is 11.3 Å². The molecular formula is C22H24N2O6S. The summed E-state index contributed by atoms with van der Waals surface area (Å²) < 4.78 is 16.6. The Hall–Kier alpha value is -3.07. The summed E-state index contributed by atoms with van der Waals surface area (Å²) in [5, 5.41) is 4.55. The van der Waals surface area contributed by atoms with Gasteiger partial charge >= 0.3 is 5.97 Å². The Labute approximate surface area is 184 Å². The van der Waals surface area contributed by atoms with Crippen molar-refractivity contribution in [3.63, 3.8) is 0 Å². The number of hydrogen-bond acceptors (Lipinski definition) is 7. The minimum absolute atomic E-state index is 0.0680. The molecule has 2 amide bonds. The summed E-state index contributed by atoms with van der Waals surface area (Å²) in [5.74, 6) is -0.0295. The van der Waals surface area contributed by atoms with Crippen molar-refractivity contribution in [1.29, 1.82) is 0 Å². The van der Waals surface area contributed by atoms with Gasteiger partial charge in [-0.1, -0.05) is 18.2 Å². The van der Waals surface area contributed by atoms with Gasteiger partial charge in [0.05, 0.1) is 17.3 Å². The van der Waals surface area contributed by atoms with Gasteiger partial charge in [-0.2, -0.15) is 0 Å². The molecule has 2 unspecified atom stereocenters. The Kier molecular flexibility index (Phi) is 6.71. The zero-order valence-corrected chi connectivity index (χ0v) is 17.8. The van der Waals surface area contributed by atoms with Crippen LogP contribution in [-0.4, -0.2) is 61.6 Å². The van der Waals surface area contributed by atoms with Crippen molar-refractivity contribution in [3.05, 3.63) is 46.7 Å². The van der Waals surface area contributed by atoms with Crippen LogP contribution in [0.1, 0.15) is 22.5 Å². The van der Waals surface area contributed by atoms with Crippen molar-refractivity contribution in [1.82, 2.24) is 10.2 Å². The number of esters is 1. The maximum Gasteiger partial charge on any atom is 0.311 e. The number of ether oxygens (including phenoxy) is 3.